The topological polar surface area (TPSA) is 54.0 Å². The van der Waals surface area contributed by atoms with E-state index in [0.717, 1.165) is 25.1 Å². The third kappa shape index (κ3) is 5.43. The first kappa shape index (κ1) is 14.6. The van der Waals surface area contributed by atoms with Crippen molar-refractivity contribution >= 4 is 6.03 Å². The summed E-state index contributed by atoms with van der Waals surface area (Å²) in [5.74, 6) is 0. The van der Waals surface area contributed by atoms with E-state index in [1.807, 2.05) is 18.2 Å². The lowest BCUT2D eigenvalue weighted by Gasteiger charge is -2.13. The van der Waals surface area contributed by atoms with Gasteiger partial charge in [0.15, 0.2) is 0 Å². The third-order valence-electron chi connectivity index (χ3n) is 3.51. The van der Waals surface area contributed by atoms with Crippen molar-refractivity contribution in [3.8, 4) is 0 Å². The molecule has 0 saturated carbocycles. The molecule has 2 rings (SSSR count). The number of amides is 2. The fraction of sp³-hybridized carbons (Fsp3) is 0.500. The highest BCUT2D eigenvalue weighted by Crippen LogP contribution is 2.19. The van der Waals surface area contributed by atoms with Gasteiger partial charge in [-0.15, -0.1) is 0 Å². The summed E-state index contributed by atoms with van der Waals surface area (Å²) in [7, 11) is 0. The first-order valence-electron chi connectivity index (χ1n) is 7.44. The Bertz CT molecular complexity index is 442. The van der Waals surface area contributed by atoms with E-state index in [9.17, 15) is 4.79 Å². The molecular weight excluding hydrogens is 250 g/mol. The van der Waals surface area contributed by atoms with Crippen molar-refractivity contribution < 1.29 is 4.79 Å². The summed E-state index contributed by atoms with van der Waals surface area (Å²) < 4.78 is 0. The highest BCUT2D eigenvalue weighted by Gasteiger charge is 2.04. The minimum absolute atomic E-state index is 0.0858. The summed E-state index contributed by atoms with van der Waals surface area (Å²) in [4.78, 5) is 15.8. The number of carbonyl (C=O) groups is 1. The Morgan fingerprint density at radius 1 is 1.15 bits per heavy atom. The molecule has 2 N–H and O–H groups in total. The third-order valence-corrected chi connectivity index (χ3v) is 3.51. The van der Waals surface area contributed by atoms with Crippen molar-refractivity contribution in [2.45, 2.75) is 38.5 Å². The molecule has 20 heavy (non-hydrogen) atoms. The van der Waals surface area contributed by atoms with Crippen molar-refractivity contribution in [1.29, 1.82) is 0 Å². The van der Waals surface area contributed by atoms with E-state index in [-0.39, 0.29) is 6.03 Å². The first-order chi connectivity index (χ1) is 9.84. The monoisotopic (exact) mass is 273 g/mol. The molecule has 1 aromatic heterocycles. The smallest absolute Gasteiger partial charge is 0.314 e. The average Bonchev–Trinajstić information content (AvgIpc) is 2.49. The first-order valence-corrected chi connectivity index (χ1v) is 7.44. The van der Waals surface area contributed by atoms with Crippen LogP contribution in [0.1, 0.15) is 37.8 Å². The summed E-state index contributed by atoms with van der Waals surface area (Å²) in [5, 5.41) is 5.76. The zero-order valence-corrected chi connectivity index (χ0v) is 11.9. The maximum atomic E-state index is 11.6. The maximum Gasteiger partial charge on any atom is 0.314 e. The van der Waals surface area contributed by atoms with E-state index in [1.54, 1.807) is 6.20 Å². The second-order valence-electron chi connectivity index (χ2n) is 5.11. The number of hydrogen-bond acceptors (Lipinski definition) is 2. The highest BCUT2D eigenvalue weighted by atomic mass is 16.2. The van der Waals surface area contributed by atoms with Gasteiger partial charge in [0.05, 0.1) is 0 Å². The van der Waals surface area contributed by atoms with Crippen LogP contribution >= 0.6 is 0 Å². The van der Waals surface area contributed by atoms with Crippen molar-refractivity contribution in [2.75, 3.05) is 13.1 Å². The molecule has 0 saturated heterocycles. The fourth-order valence-corrected chi connectivity index (χ4v) is 2.38. The average molecular weight is 273 g/mol. The molecular formula is C16H23N3O. The van der Waals surface area contributed by atoms with Gasteiger partial charge in [0, 0.05) is 31.4 Å². The van der Waals surface area contributed by atoms with Gasteiger partial charge in [-0.1, -0.05) is 17.7 Å². The molecule has 1 aromatic rings. The molecule has 108 valence electrons. The largest absolute Gasteiger partial charge is 0.338 e. The number of carbonyl (C=O) groups excluding carboxylic acids is 1. The van der Waals surface area contributed by atoms with Crippen molar-refractivity contribution in [3.05, 3.63) is 41.7 Å². The van der Waals surface area contributed by atoms with Gasteiger partial charge in [-0.05, 0) is 44.2 Å². The van der Waals surface area contributed by atoms with Gasteiger partial charge in [-0.2, -0.15) is 0 Å². The molecule has 0 aliphatic heterocycles. The molecule has 0 atom stereocenters. The Morgan fingerprint density at radius 3 is 2.70 bits per heavy atom. The number of aromatic nitrogens is 1. The Labute approximate surface area is 120 Å². The maximum absolute atomic E-state index is 11.6. The van der Waals surface area contributed by atoms with Crippen LogP contribution in [0, 0.1) is 0 Å². The molecule has 1 aliphatic carbocycles. The molecule has 0 aromatic carbocycles. The second kappa shape index (κ2) is 8.35. The Kier molecular flexibility index (Phi) is 6.08. The van der Waals surface area contributed by atoms with Gasteiger partial charge in [-0.25, -0.2) is 4.79 Å². The normalized spacial score (nSPS) is 14.5. The predicted octanol–water partition coefficient (Wildman–Crippen LogP) is 2.81. The van der Waals surface area contributed by atoms with Crippen LogP contribution in [-0.4, -0.2) is 24.1 Å². The van der Waals surface area contributed by atoms with Crippen LogP contribution in [0.3, 0.4) is 0 Å². The number of rotatable bonds is 6. The zero-order chi connectivity index (χ0) is 14.0. The summed E-state index contributed by atoms with van der Waals surface area (Å²) >= 11 is 0. The number of pyridine rings is 1. The van der Waals surface area contributed by atoms with Gasteiger partial charge in [-0.3, -0.25) is 4.98 Å². The molecule has 2 amide bonds. The number of nitrogens with zero attached hydrogens (tertiary/aromatic N) is 1. The lowest BCUT2D eigenvalue weighted by molar-refractivity contribution is 0.241. The summed E-state index contributed by atoms with van der Waals surface area (Å²) in [6.45, 7) is 1.34. The summed E-state index contributed by atoms with van der Waals surface area (Å²) in [6, 6.07) is 5.73. The molecule has 1 aliphatic rings. The minimum Gasteiger partial charge on any atom is -0.338 e. The van der Waals surface area contributed by atoms with E-state index in [1.165, 1.54) is 31.3 Å². The SMILES string of the molecule is O=C(NCCC1=CCCCC1)NCCc1ccccn1. The fourth-order valence-electron chi connectivity index (χ4n) is 2.38. The highest BCUT2D eigenvalue weighted by molar-refractivity contribution is 5.73. The van der Waals surface area contributed by atoms with Crippen LogP contribution < -0.4 is 10.6 Å². The van der Waals surface area contributed by atoms with Gasteiger partial charge in [0.25, 0.3) is 0 Å². The van der Waals surface area contributed by atoms with Crippen LogP contribution in [0.25, 0.3) is 0 Å². The minimum atomic E-state index is -0.0858. The van der Waals surface area contributed by atoms with Crippen LogP contribution in [0.15, 0.2) is 36.0 Å². The standard InChI is InChI=1S/C16H23N3O/c20-16(18-12-9-14-6-2-1-3-7-14)19-13-10-15-8-4-5-11-17-15/h4-6,8,11H,1-3,7,9-10,12-13H2,(H2,18,19,20). The van der Waals surface area contributed by atoms with E-state index in [0.29, 0.717) is 6.54 Å². The van der Waals surface area contributed by atoms with E-state index >= 15 is 0 Å². The number of nitrogens with one attached hydrogen (secondary N) is 2. The van der Waals surface area contributed by atoms with E-state index in [2.05, 4.69) is 21.7 Å². The number of hydrogen-bond donors (Lipinski definition) is 2. The Balaban J connectivity index is 1.55. The molecule has 4 nitrogen and oxygen atoms in total. The Morgan fingerprint density at radius 2 is 2.00 bits per heavy atom. The summed E-state index contributed by atoms with van der Waals surface area (Å²) in [6.07, 6.45) is 10.8. The van der Waals surface area contributed by atoms with Gasteiger partial charge >= 0.3 is 6.03 Å². The van der Waals surface area contributed by atoms with Crippen LogP contribution in [0.4, 0.5) is 4.79 Å². The van der Waals surface area contributed by atoms with Gasteiger partial charge < -0.3 is 10.6 Å². The van der Waals surface area contributed by atoms with Crippen LogP contribution in [0.2, 0.25) is 0 Å². The molecule has 0 bridgehead atoms. The molecule has 4 heteroatoms. The molecule has 0 radical (unpaired) electrons. The van der Waals surface area contributed by atoms with Gasteiger partial charge in [0.2, 0.25) is 0 Å². The van der Waals surface area contributed by atoms with Crippen molar-refractivity contribution in [1.82, 2.24) is 15.6 Å². The zero-order valence-electron chi connectivity index (χ0n) is 11.9. The predicted molar refractivity (Wildman–Crippen MR) is 80.5 cm³/mol. The van der Waals surface area contributed by atoms with Gasteiger partial charge in [0.1, 0.15) is 0 Å². The Hall–Kier alpha value is -1.84. The molecule has 0 unspecified atom stereocenters. The lowest BCUT2D eigenvalue weighted by Crippen LogP contribution is -2.37. The number of allylic oxidation sites excluding steroid dienone is 1. The van der Waals surface area contributed by atoms with Crippen LogP contribution in [-0.2, 0) is 6.42 Å². The van der Waals surface area contributed by atoms with Crippen LogP contribution in [0.5, 0.6) is 0 Å². The summed E-state index contributed by atoms with van der Waals surface area (Å²) in [5.41, 5.74) is 2.49. The molecule has 1 heterocycles. The van der Waals surface area contributed by atoms with E-state index in [4.69, 9.17) is 0 Å². The second-order valence-corrected chi connectivity index (χ2v) is 5.11. The van der Waals surface area contributed by atoms with Crippen molar-refractivity contribution in [2.24, 2.45) is 0 Å². The lowest BCUT2D eigenvalue weighted by atomic mass is 9.97. The van der Waals surface area contributed by atoms with E-state index < -0.39 is 0 Å². The number of urea groups is 1. The quantitative estimate of drug-likeness (QED) is 0.783. The van der Waals surface area contributed by atoms with Crippen molar-refractivity contribution in [3.63, 3.8) is 0 Å². The molecule has 0 fully saturated rings. The molecule has 0 spiro atoms.